The molecule has 0 spiro atoms. The lowest BCUT2D eigenvalue weighted by Crippen LogP contribution is -2.50. The predicted octanol–water partition coefficient (Wildman–Crippen LogP) is 1.66. The van der Waals surface area contributed by atoms with Gasteiger partial charge in [-0.1, -0.05) is 26.8 Å². The zero-order valence-corrected chi connectivity index (χ0v) is 13.1. The molecule has 5 nitrogen and oxygen atoms in total. The summed E-state index contributed by atoms with van der Waals surface area (Å²) in [7, 11) is 0. The lowest BCUT2D eigenvalue weighted by atomic mass is 9.64. The van der Waals surface area contributed by atoms with Crippen molar-refractivity contribution in [1.82, 2.24) is 10.3 Å². The highest BCUT2D eigenvalue weighted by atomic mass is 16.2. The number of fused-ring (bicyclic) bond motifs is 2. The molecular weight excluding hydrogens is 280 g/mol. The van der Waals surface area contributed by atoms with Gasteiger partial charge in [-0.25, -0.2) is 0 Å². The van der Waals surface area contributed by atoms with Gasteiger partial charge in [0.2, 0.25) is 17.5 Å². The average Bonchev–Trinajstić information content (AvgIpc) is 2.78. The number of amides is 1. The van der Waals surface area contributed by atoms with Crippen LogP contribution in [0.2, 0.25) is 0 Å². The summed E-state index contributed by atoms with van der Waals surface area (Å²) in [5, 5.41) is 2.83. The maximum atomic E-state index is 12.8. The Kier molecular flexibility index (Phi) is 3.03. The van der Waals surface area contributed by atoms with E-state index in [-0.39, 0.29) is 11.7 Å². The number of rotatable bonds is 3. The minimum Gasteiger partial charge on any atom is -0.351 e. The van der Waals surface area contributed by atoms with Gasteiger partial charge in [-0.05, 0) is 29.9 Å². The number of aromatic nitrogens is 1. The number of nitrogens with one attached hydrogen (secondary N) is 1. The third kappa shape index (κ3) is 1.54. The number of hydrogen-bond acceptors (Lipinski definition) is 4. The topological polar surface area (TPSA) is 76.1 Å². The van der Waals surface area contributed by atoms with Gasteiger partial charge >= 0.3 is 0 Å². The largest absolute Gasteiger partial charge is 0.351 e. The Hall–Kier alpha value is -2.04. The second-order valence-corrected chi connectivity index (χ2v) is 7.06. The molecule has 116 valence electrons. The monoisotopic (exact) mass is 300 g/mol. The zero-order valence-electron chi connectivity index (χ0n) is 13.1. The number of pyridine rings is 1. The molecule has 1 N–H and O–H groups in total. The summed E-state index contributed by atoms with van der Waals surface area (Å²) in [5.74, 6) is -1.24. The molecule has 22 heavy (non-hydrogen) atoms. The van der Waals surface area contributed by atoms with Crippen molar-refractivity contribution >= 4 is 17.5 Å². The van der Waals surface area contributed by atoms with Crippen LogP contribution in [-0.2, 0) is 20.9 Å². The van der Waals surface area contributed by atoms with Crippen molar-refractivity contribution < 1.29 is 14.4 Å². The Morgan fingerprint density at radius 3 is 2.50 bits per heavy atom. The molecule has 2 unspecified atom stereocenters. The lowest BCUT2D eigenvalue weighted by Gasteiger charge is -2.37. The molecule has 1 heterocycles. The molecule has 2 atom stereocenters. The fourth-order valence-electron chi connectivity index (χ4n) is 4.11. The van der Waals surface area contributed by atoms with Crippen molar-refractivity contribution in [2.45, 2.75) is 40.2 Å². The third-order valence-electron chi connectivity index (χ3n) is 6.10. The Bertz CT molecular complexity index is 668. The molecule has 1 aromatic heterocycles. The van der Waals surface area contributed by atoms with Crippen molar-refractivity contribution in [3.8, 4) is 0 Å². The first-order chi connectivity index (χ1) is 10.3. The predicted molar refractivity (Wildman–Crippen MR) is 79.7 cm³/mol. The summed E-state index contributed by atoms with van der Waals surface area (Å²) in [6.07, 6.45) is 4.36. The molecule has 2 bridgehead atoms. The first kappa shape index (κ1) is 14.9. The van der Waals surface area contributed by atoms with Gasteiger partial charge in [0, 0.05) is 24.4 Å². The summed E-state index contributed by atoms with van der Waals surface area (Å²) in [5.41, 5.74) is -1.74. The van der Waals surface area contributed by atoms with E-state index in [0.29, 0.717) is 19.4 Å². The molecule has 5 heteroatoms. The first-order valence-corrected chi connectivity index (χ1v) is 7.54. The van der Waals surface area contributed by atoms with Crippen molar-refractivity contribution in [3.05, 3.63) is 30.1 Å². The van der Waals surface area contributed by atoms with Crippen LogP contribution in [-0.4, -0.2) is 22.5 Å². The molecule has 2 fully saturated rings. The van der Waals surface area contributed by atoms with Gasteiger partial charge in [0.05, 0.1) is 0 Å². The highest BCUT2D eigenvalue weighted by Crippen LogP contribution is 2.68. The molecule has 1 amide bonds. The van der Waals surface area contributed by atoms with E-state index >= 15 is 0 Å². The second kappa shape index (κ2) is 4.48. The number of nitrogens with zero attached hydrogens (tertiary/aromatic N) is 1. The number of hydrogen-bond donors (Lipinski definition) is 1. The maximum absolute atomic E-state index is 12.8. The standard InChI is InChI=1S/C17H20N2O3/c1-15(2)16(3)6-7-17(15,13(21)12(16)20)14(22)19-10-11-5-4-8-18-9-11/h4-5,8-9H,6-7,10H2,1-3H3,(H,19,22). The van der Waals surface area contributed by atoms with E-state index in [0.717, 1.165) is 5.56 Å². The van der Waals surface area contributed by atoms with Crippen LogP contribution in [0.15, 0.2) is 24.5 Å². The van der Waals surface area contributed by atoms with Crippen molar-refractivity contribution in [2.75, 3.05) is 0 Å². The van der Waals surface area contributed by atoms with E-state index in [2.05, 4.69) is 10.3 Å². The molecule has 0 aliphatic heterocycles. The number of carbonyl (C=O) groups is 3. The van der Waals surface area contributed by atoms with E-state index < -0.39 is 22.0 Å². The zero-order chi connectivity index (χ0) is 16.2. The highest BCUT2D eigenvalue weighted by molar-refractivity contribution is 6.48. The summed E-state index contributed by atoms with van der Waals surface area (Å²) < 4.78 is 0. The van der Waals surface area contributed by atoms with Crippen molar-refractivity contribution in [1.29, 1.82) is 0 Å². The Labute approximate surface area is 129 Å². The van der Waals surface area contributed by atoms with Crippen molar-refractivity contribution in [3.63, 3.8) is 0 Å². The molecule has 0 radical (unpaired) electrons. The maximum Gasteiger partial charge on any atom is 0.235 e. The van der Waals surface area contributed by atoms with Crippen LogP contribution in [0.25, 0.3) is 0 Å². The SMILES string of the molecule is CC12CCC(C(=O)NCc3cccnc3)(C(=O)C1=O)C2(C)C. The van der Waals surface area contributed by atoms with Crippen LogP contribution >= 0.6 is 0 Å². The van der Waals surface area contributed by atoms with Crippen LogP contribution in [0, 0.1) is 16.2 Å². The third-order valence-corrected chi connectivity index (χ3v) is 6.10. The molecule has 0 saturated heterocycles. The summed E-state index contributed by atoms with van der Waals surface area (Å²) in [4.78, 5) is 41.7. The molecular formula is C17H20N2O3. The quantitative estimate of drug-likeness (QED) is 0.680. The summed E-state index contributed by atoms with van der Waals surface area (Å²) >= 11 is 0. The van der Waals surface area contributed by atoms with E-state index in [1.807, 2.05) is 26.8 Å². The minimum absolute atomic E-state index is 0.308. The van der Waals surface area contributed by atoms with Gasteiger partial charge in [0.1, 0.15) is 5.41 Å². The van der Waals surface area contributed by atoms with E-state index in [1.54, 1.807) is 18.5 Å². The van der Waals surface area contributed by atoms with Gasteiger partial charge in [-0.2, -0.15) is 0 Å². The minimum atomic E-state index is -1.22. The number of carbonyl (C=O) groups excluding carboxylic acids is 3. The van der Waals surface area contributed by atoms with Gasteiger partial charge in [0.25, 0.3) is 0 Å². The molecule has 2 saturated carbocycles. The van der Waals surface area contributed by atoms with Crippen LogP contribution in [0.1, 0.15) is 39.2 Å². The van der Waals surface area contributed by atoms with Gasteiger partial charge < -0.3 is 5.32 Å². The average molecular weight is 300 g/mol. The van der Waals surface area contributed by atoms with Gasteiger partial charge in [-0.3, -0.25) is 19.4 Å². The second-order valence-electron chi connectivity index (χ2n) is 7.06. The van der Waals surface area contributed by atoms with Crippen molar-refractivity contribution in [2.24, 2.45) is 16.2 Å². The summed E-state index contributed by atoms with van der Waals surface area (Å²) in [6, 6.07) is 3.65. The Morgan fingerprint density at radius 2 is 1.95 bits per heavy atom. The van der Waals surface area contributed by atoms with E-state index in [9.17, 15) is 14.4 Å². The van der Waals surface area contributed by atoms with Crippen LogP contribution < -0.4 is 5.32 Å². The molecule has 2 aliphatic carbocycles. The van der Waals surface area contributed by atoms with E-state index in [4.69, 9.17) is 0 Å². The fraction of sp³-hybridized carbons (Fsp3) is 0.529. The number of ketones is 2. The molecule has 3 rings (SSSR count). The smallest absolute Gasteiger partial charge is 0.235 e. The Balaban J connectivity index is 1.88. The molecule has 0 aromatic carbocycles. The van der Waals surface area contributed by atoms with Gasteiger partial charge in [-0.15, -0.1) is 0 Å². The normalized spacial score (nSPS) is 32.3. The van der Waals surface area contributed by atoms with Crippen LogP contribution in [0.3, 0.4) is 0 Å². The fourth-order valence-corrected chi connectivity index (χ4v) is 4.11. The number of Topliss-reactive ketones (excluding diaryl/α,β-unsaturated/α-hetero) is 2. The molecule has 1 aromatic rings. The van der Waals surface area contributed by atoms with Crippen LogP contribution in [0.4, 0.5) is 0 Å². The molecule has 2 aliphatic rings. The summed E-state index contributed by atoms with van der Waals surface area (Å²) in [6.45, 7) is 5.86. The first-order valence-electron chi connectivity index (χ1n) is 7.54. The lowest BCUT2D eigenvalue weighted by molar-refractivity contribution is -0.149. The van der Waals surface area contributed by atoms with Crippen LogP contribution in [0.5, 0.6) is 0 Å². The van der Waals surface area contributed by atoms with E-state index in [1.165, 1.54) is 0 Å². The Morgan fingerprint density at radius 1 is 1.23 bits per heavy atom. The highest BCUT2D eigenvalue weighted by Gasteiger charge is 2.77. The van der Waals surface area contributed by atoms with Gasteiger partial charge in [0.15, 0.2) is 0 Å².